The number of aliphatic hydroxyl groups is 4. The number of carbonyl (C=O) groups excluding carboxylic acids is 3. The molecule has 14 nitrogen and oxygen atoms in total. The SMILES string of the molecule is N=[N+]=CC(=O)CCC(NC(=O)OCc1ccc(O[C@@H]2O[C@H](CO)[C@@H](O)[C@H](O)[C@H]2O)cc1)C(=O)[O-]. The molecule has 2 rings (SSSR count). The smallest absolute Gasteiger partial charge is 0.407 e. The Balaban J connectivity index is 1.86. The molecule has 14 heteroatoms. The third kappa shape index (κ3) is 7.59. The molecule has 186 valence electrons. The molecule has 1 aromatic carbocycles. The normalized spacial score (nSPS) is 24.9. The van der Waals surface area contributed by atoms with Crippen LogP contribution in [0.1, 0.15) is 18.4 Å². The number of benzene rings is 1. The number of ketones is 1. The summed E-state index contributed by atoms with van der Waals surface area (Å²) in [6.45, 7) is -0.839. The van der Waals surface area contributed by atoms with Crippen molar-refractivity contribution in [1.29, 1.82) is 5.53 Å². The third-order valence-corrected chi connectivity index (χ3v) is 4.86. The molecule has 34 heavy (non-hydrogen) atoms. The van der Waals surface area contributed by atoms with Crippen molar-refractivity contribution in [2.45, 2.75) is 56.2 Å². The number of hydrogen-bond donors (Lipinski definition) is 6. The number of carboxylic acids is 1. The van der Waals surface area contributed by atoms with Gasteiger partial charge in [0.1, 0.15) is 36.8 Å². The van der Waals surface area contributed by atoms with Gasteiger partial charge in [-0.05, 0) is 24.1 Å². The average Bonchev–Trinajstić information content (AvgIpc) is 2.81. The first-order chi connectivity index (χ1) is 16.2. The molecule has 1 unspecified atom stereocenters. The predicted molar refractivity (Wildman–Crippen MR) is 106 cm³/mol. The summed E-state index contributed by atoms with van der Waals surface area (Å²) < 4.78 is 15.6. The van der Waals surface area contributed by atoms with E-state index in [9.17, 15) is 39.9 Å². The van der Waals surface area contributed by atoms with Crippen LogP contribution in [-0.4, -0.2) is 92.6 Å². The zero-order valence-corrected chi connectivity index (χ0v) is 17.8. The number of aliphatic hydroxyl groups excluding tert-OH is 4. The van der Waals surface area contributed by atoms with Crippen LogP contribution in [0.15, 0.2) is 24.3 Å². The van der Waals surface area contributed by atoms with Crippen molar-refractivity contribution < 1.29 is 58.9 Å². The van der Waals surface area contributed by atoms with Crippen LogP contribution < -0.4 is 15.2 Å². The molecule has 1 heterocycles. The highest BCUT2D eigenvalue weighted by atomic mass is 16.7. The maximum absolute atomic E-state index is 11.9. The number of ether oxygens (including phenoxy) is 3. The summed E-state index contributed by atoms with van der Waals surface area (Å²) in [7, 11) is 0. The van der Waals surface area contributed by atoms with Crippen LogP contribution in [-0.2, 0) is 25.7 Å². The van der Waals surface area contributed by atoms with Gasteiger partial charge >= 0.3 is 12.3 Å². The zero-order valence-electron chi connectivity index (χ0n) is 17.8. The second kappa shape index (κ2) is 12.7. The molecule has 1 fully saturated rings. The molecule has 1 amide bonds. The standard InChI is InChI=1S/C20H25N3O11/c21-22-7-11(25)3-6-13(18(29)30)23-20(31)32-9-10-1-4-12(5-2-10)33-19-17(28)16(27)15(26)14(8-24)34-19/h1-2,4-5,7,13-17,19,21,24,26-28H,3,6,8-9H2,(H-,23,29,30,31)/t13?,14-,15-,16+,17-,19-/m1/s1. The van der Waals surface area contributed by atoms with Crippen molar-refractivity contribution in [3.63, 3.8) is 0 Å². The van der Waals surface area contributed by atoms with Crippen LogP contribution in [0.3, 0.4) is 0 Å². The Kier molecular flexibility index (Phi) is 10.1. The van der Waals surface area contributed by atoms with E-state index >= 15 is 0 Å². The van der Waals surface area contributed by atoms with Crippen LogP contribution >= 0.6 is 0 Å². The van der Waals surface area contributed by atoms with Crippen molar-refractivity contribution in [2.75, 3.05) is 6.61 Å². The monoisotopic (exact) mass is 483 g/mol. The zero-order chi connectivity index (χ0) is 25.3. The lowest BCUT2D eigenvalue weighted by atomic mass is 9.99. The molecule has 1 aliphatic rings. The van der Waals surface area contributed by atoms with Crippen molar-refractivity contribution in [3.05, 3.63) is 29.8 Å². The summed E-state index contributed by atoms with van der Waals surface area (Å²) in [6, 6.07) is 4.41. The van der Waals surface area contributed by atoms with E-state index in [1.807, 2.05) is 0 Å². The maximum atomic E-state index is 11.9. The fourth-order valence-corrected chi connectivity index (χ4v) is 2.97. The molecule has 0 bridgehead atoms. The van der Waals surface area contributed by atoms with Gasteiger partial charge < -0.3 is 49.9 Å². The van der Waals surface area contributed by atoms with E-state index in [-0.39, 0.29) is 25.2 Å². The minimum absolute atomic E-state index is 0.204. The van der Waals surface area contributed by atoms with Crippen molar-refractivity contribution in [1.82, 2.24) is 5.32 Å². The number of aliphatic carboxylic acids is 1. The van der Waals surface area contributed by atoms with Gasteiger partial charge in [0.05, 0.1) is 28.9 Å². The van der Waals surface area contributed by atoms with Gasteiger partial charge in [-0.1, -0.05) is 12.1 Å². The van der Waals surface area contributed by atoms with Gasteiger partial charge in [-0.15, -0.1) is 0 Å². The third-order valence-electron chi connectivity index (χ3n) is 4.86. The van der Waals surface area contributed by atoms with Gasteiger partial charge in [0.25, 0.3) is 0 Å². The van der Waals surface area contributed by atoms with E-state index in [2.05, 4.69) is 10.1 Å². The fourth-order valence-electron chi connectivity index (χ4n) is 2.97. The van der Waals surface area contributed by atoms with E-state index in [0.29, 0.717) is 5.56 Å². The first-order valence-electron chi connectivity index (χ1n) is 10.1. The van der Waals surface area contributed by atoms with Crippen molar-refractivity contribution in [2.24, 2.45) is 0 Å². The molecule has 1 aliphatic heterocycles. The largest absolute Gasteiger partial charge is 0.548 e. The maximum Gasteiger partial charge on any atom is 0.407 e. The number of alkyl carbamates (subject to hydrolysis) is 1. The number of carboxylic acid groups (broad SMARTS) is 1. The van der Waals surface area contributed by atoms with Gasteiger partial charge in [-0.3, -0.25) is 4.79 Å². The second-order valence-corrected chi connectivity index (χ2v) is 7.31. The summed E-state index contributed by atoms with van der Waals surface area (Å²) >= 11 is 0. The number of nitrogens with zero attached hydrogens (tertiary/aromatic N) is 1. The van der Waals surface area contributed by atoms with Gasteiger partial charge in [-0.25, -0.2) is 4.79 Å². The van der Waals surface area contributed by atoms with Gasteiger partial charge in [0, 0.05) is 6.42 Å². The van der Waals surface area contributed by atoms with Gasteiger partial charge in [0.2, 0.25) is 12.1 Å². The Labute approximate surface area is 192 Å². The molecule has 0 spiro atoms. The van der Waals surface area contributed by atoms with Crippen molar-refractivity contribution >= 4 is 24.1 Å². The summed E-state index contributed by atoms with van der Waals surface area (Å²) in [5.41, 5.74) is 7.04. The van der Waals surface area contributed by atoms with Crippen molar-refractivity contribution in [3.8, 4) is 5.75 Å². The highest BCUT2D eigenvalue weighted by Crippen LogP contribution is 2.24. The highest BCUT2D eigenvalue weighted by Gasteiger charge is 2.44. The van der Waals surface area contributed by atoms with E-state index in [0.717, 1.165) is 6.21 Å². The Morgan fingerprint density at radius 1 is 1.18 bits per heavy atom. The molecule has 1 saturated heterocycles. The Hall–Kier alpha value is -3.39. The first-order valence-corrected chi connectivity index (χ1v) is 10.1. The van der Waals surface area contributed by atoms with E-state index < -0.39 is 61.2 Å². The summed E-state index contributed by atoms with van der Waals surface area (Å²) in [5.74, 6) is -1.99. The second-order valence-electron chi connectivity index (χ2n) is 7.31. The molecule has 1 aromatic rings. The molecular formula is C20H25N3O11. The minimum Gasteiger partial charge on any atom is -0.548 e. The molecule has 0 saturated carbocycles. The molecule has 0 aliphatic carbocycles. The topological polar surface area (TPSA) is 233 Å². The van der Waals surface area contributed by atoms with E-state index in [4.69, 9.17) is 19.7 Å². The lowest BCUT2D eigenvalue weighted by molar-refractivity contribution is -0.308. The van der Waals surface area contributed by atoms with E-state index in [1.165, 1.54) is 24.3 Å². The van der Waals surface area contributed by atoms with Crippen LogP contribution in [0.5, 0.6) is 5.75 Å². The summed E-state index contributed by atoms with van der Waals surface area (Å²) in [4.78, 5) is 37.1. The quantitative estimate of drug-likeness (QED) is 0.105. The number of nitrogens with one attached hydrogen (secondary N) is 2. The molecule has 6 N–H and O–H groups in total. The summed E-state index contributed by atoms with van der Waals surface area (Å²) in [6.07, 6.45) is -8.03. The average molecular weight is 483 g/mol. The van der Waals surface area contributed by atoms with Crippen LogP contribution in [0.2, 0.25) is 0 Å². The predicted octanol–water partition coefficient (Wildman–Crippen LogP) is -3.13. The Morgan fingerprint density at radius 3 is 2.44 bits per heavy atom. The number of Topliss-reactive ketones (excluding diaryl/α,β-unsaturated/α-hetero) is 1. The number of carbonyl (C=O) groups is 3. The van der Waals surface area contributed by atoms with Gasteiger partial charge in [-0.2, -0.15) is 0 Å². The highest BCUT2D eigenvalue weighted by molar-refractivity contribution is 6.25. The Morgan fingerprint density at radius 2 is 1.85 bits per heavy atom. The lowest BCUT2D eigenvalue weighted by Gasteiger charge is -2.39. The Bertz CT molecular complexity index is 902. The lowest BCUT2D eigenvalue weighted by Crippen LogP contribution is -2.60. The summed E-state index contributed by atoms with van der Waals surface area (Å²) in [5, 5.41) is 52.0. The minimum atomic E-state index is -1.61. The molecule has 0 radical (unpaired) electrons. The fraction of sp³-hybridized carbons (Fsp3) is 0.500. The van der Waals surface area contributed by atoms with Crippen LogP contribution in [0.25, 0.3) is 0 Å². The molecule has 0 aromatic heterocycles. The first kappa shape index (κ1) is 26.9. The number of rotatable bonds is 11. The number of amides is 1. The van der Waals surface area contributed by atoms with E-state index in [1.54, 1.807) is 0 Å². The van der Waals surface area contributed by atoms with Crippen LogP contribution in [0, 0.1) is 5.53 Å². The molecular weight excluding hydrogens is 458 g/mol. The number of hydrogen-bond acceptors (Lipinski definition) is 12. The molecule has 6 atom stereocenters. The van der Waals surface area contributed by atoms with Crippen LogP contribution in [0.4, 0.5) is 4.79 Å². The van der Waals surface area contributed by atoms with Gasteiger partial charge in [0.15, 0.2) is 0 Å².